The van der Waals surface area contributed by atoms with Crippen molar-refractivity contribution >= 4 is 6.03 Å². The van der Waals surface area contributed by atoms with Gasteiger partial charge in [-0.2, -0.15) is 0 Å². The number of nitrogens with one attached hydrogen (secondary N) is 1. The first-order chi connectivity index (χ1) is 10.7. The number of hydrogen-bond donors (Lipinski definition) is 1. The van der Waals surface area contributed by atoms with E-state index in [1.54, 1.807) is 0 Å². The highest BCUT2D eigenvalue weighted by Gasteiger charge is 2.45. The standard InChI is InChI=1S/C17H22N2O3/c1-19(13-3-2-4-13)16(20)18-10-17(7-8-17)12-5-6-14-15(9-12)22-11-21-14/h5-6,9,13H,2-4,7-8,10-11H2,1H3,(H,18,20). The predicted octanol–water partition coefficient (Wildman–Crippen LogP) is 2.64. The lowest BCUT2D eigenvalue weighted by Gasteiger charge is -2.35. The molecule has 1 aromatic rings. The number of amides is 2. The maximum atomic E-state index is 12.2. The van der Waals surface area contributed by atoms with E-state index in [2.05, 4.69) is 17.4 Å². The summed E-state index contributed by atoms with van der Waals surface area (Å²) in [5.74, 6) is 1.63. The highest BCUT2D eigenvalue weighted by molar-refractivity contribution is 5.74. The van der Waals surface area contributed by atoms with E-state index in [0.29, 0.717) is 19.4 Å². The molecule has 0 aromatic heterocycles. The van der Waals surface area contributed by atoms with Crippen LogP contribution < -0.4 is 14.8 Å². The van der Waals surface area contributed by atoms with Crippen molar-refractivity contribution in [3.05, 3.63) is 23.8 Å². The van der Waals surface area contributed by atoms with Crippen LogP contribution in [0.25, 0.3) is 0 Å². The van der Waals surface area contributed by atoms with Crippen LogP contribution in [0.2, 0.25) is 0 Å². The molecule has 0 atom stereocenters. The molecule has 1 aromatic carbocycles. The van der Waals surface area contributed by atoms with Crippen molar-refractivity contribution in [1.82, 2.24) is 10.2 Å². The van der Waals surface area contributed by atoms with Gasteiger partial charge in [0.1, 0.15) is 0 Å². The predicted molar refractivity (Wildman–Crippen MR) is 82.3 cm³/mol. The Hall–Kier alpha value is -1.91. The summed E-state index contributed by atoms with van der Waals surface area (Å²) in [6, 6.07) is 6.62. The lowest BCUT2D eigenvalue weighted by atomic mass is 9.92. The van der Waals surface area contributed by atoms with Gasteiger partial charge in [-0.1, -0.05) is 6.07 Å². The summed E-state index contributed by atoms with van der Waals surface area (Å²) < 4.78 is 10.8. The fraction of sp³-hybridized carbons (Fsp3) is 0.588. The quantitative estimate of drug-likeness (QED) is 0.930. The SMILES string of the molecule is CN(C(=O)NCC1(c2ccc3c(c2)OCO3)CC1)C1CCC1. The number of hydrogen-bond acceptors (Lipinski definition) is 3. The third kappa shape index (κ3) is 2.28. The van der Waals surface area contributed by atoms with Crippen LogP contribution in [0.1, 0.15) is 37.7 Å². The molecule has 2 saturated carbocycles. The van der Waals surface area contributed by atoms with Gasteiger partial charge in [-0.05, 0) is 49.8 Å². The topological polar surface area (TPSA) is 50.8 Å². The minimum absolute atomic E-state index is 0.0525. The number of benzene rings is 1. The zero-order valence-corrected chi connectivity index (χ0v) is 12.9. The van der Waals surface area contributed by atoms with Gasteiger partial charge in [0.15, 0.2) is 11.5 Å². The van der Waals surface area contributed by atoms with E-state index in [4.69, 9.17) is 9.47 Å². The number of carbonyl (C=O) groups is 1. The molecule has 0 bridgehead atoms. The van der Waals surface area contributed by atoms with E-state index >= 15 is 0 Å². The number of carbonyl (C=O) groups excluding carboxylic acids is 1. The minimum Gasteiger partial charge on any atom is -0.454 e. The number of fused-ring (bicyclic) bond motifs is 1. The normalized spacial score (nSPS) is 21.1. The van der Waals surface area contributed by atoms with Gasteiger partial charge in [-0.15, -0.1) is 0 Å². The summed E-state index contributed by atoms with van der Waals surface area (Å²) in [6.45, 7) is 0.997. The minimum atomic E-state index is 0.0525. The second-order valence-corrected chi connectivity index (χ2v) is 6.70. The molecule has 3 aliphatic rings. The molecule has 4 rings (SSSR count). The largest absolute Gasteiger partial charge is 0.454 e. The number of urea groups is 1. The molecule has 22 heavy (non-hydrogen) atoms. The van der Waals surface area contributed by atoms with Crippen molar-refractivity contribution in [2.24, 2.45) is 0 Å². The third-order valence-corrected chi connectivity index (χ3v) is 5.36. The smallest absolute Gasteiger partial charge is 0.317 e. The van der Waals surface area contributed by atoms with Crippen LogP contribution in [0.3, 0.4) is 0 Å². The van der Waals surface area contributed by atoms with E-state index in [0.717, 1.165) is 37.2 Å². The summed E-state index contributed by atoms with van der Waals surface area (Å²) in [5.41, 5.74) is 1.32. The summed E-state index contributed by atoms with van der Waals surface area (Å²) >= 11 is 0. The molecule has 5 nitrogen and oxygen atoms in total. The van der Waals surface area contributed by atoms with Crippen molar-refractivity contribution in [1.29, 1.82) is 0 Å². The maximum absolute atomic E-state index is 12.2. The van der Waals surface area contributed by atoms with Gasteiger partial charge in [-0.3, -0.25) is 0 Å². The molecule has 2 aliphatic carbocycles. The molecule has 1 aliphatic heterocycles. The Bertz CT molecular complexity index is 594. The highest BCUT2D eigenvalue weighted by Crippen LogP contribution is 2.49. The zero-order chi connectivity index (χ0) is 15.2. The Labute approximate surface area is 130 Å². The van der Waals surface area contributed by atoms with E-state index in [9.17, 15) is 4.79 Å². The van der Waals surface area contributed by atoms with Crippen LogP contribution in [0.5, 0.6) is 11.5 Å². The van der Waals surface area contributed by atoms with Gasteiger partial charge < -0.3 is 19.7 Å². The molecule has 2 fully saturated rings. The van der Waals surface area contributed by atoms with Crippen LogP contribution in [-0.4, -0.2) is 37.4 Å². The zero-order valence-electron chi connectivity index (χ0n) is 12.9. The van der Waals surface area contributed by atoms with E-state index in [1.807, 2.05) is 18.0 Å². The average molecular weight is 302 g/mol. The van der Waals surface area contributed by atoms with Crippen molar-refractivity contribution in [2.45, 2.75) is 43.6 Å². The molecule has 0 radical (unpaired) electrons. The summed E-state index contributed by atoms with van der Waals surface area (Å²) in [5, 5.41) is 3.12. The molecule has 2 amide bonds. The second kappa shape index (κ2) is 5.07. The van der Waals surface area contributed by atoms with Gasteiger partial charge in [0.25, 0.3) is 0 Å². The van der Waals surface area contributed by atoms with Crippen LogP contribution in [-0.2, 0) is 5.41 Å². The Morgan fingerprint density at radius 3 is 2.77 bits per heavy atom. The van der Waals surface area contributed by atoms with Crippen LogP contribution >= 0.6 is 0 Å². The molecule has 1 heterocycles. The van der Waals surface area contributed by atoms with Gasteiger partial charge in [-0.25, -0.2) is 4.79 Å². The summed E-state index contributed by atoms with van der Waals surface area (Å²) in [6.07, 6.45) is 5.73. The molecule has 1 N–H and O–H groups in total. The molecule has 0 unspecified atom stereocenters. The van der Waals surface area contributed by atoms with E-state index in [-0.39, 0.29) is 11.4 Å². The lowest BCUT2D eigenvalue weighted by molar-refractivity contribution is 0.157. The average Bonchev–Trinajstić information content (AvgIpc) is 3.12. The first-order valence-corrected chi connectivity index (χ1v) is 8.09. The van der Waals surface area contributed by atoms with Crippen LogP contribution in [0.4, 0.5) is 4.79 Å². The Balaban J connectivity index is 1.40. The van der Waals surface area contributed by atoms with Gasteiger partial charge in [0.05, 0.1) is 0 Å². The number of nitrogens with zero attached hydrogens (tertiary/aromatic N) is 1. The molecule has 0 spiro atoms. The van der Waals surface area contributed by atoms with Gasteiger partial charge >= 0.3 is 6.03 Å². The van der Waals surface area contributed by atoms with Crippen molar-refractivity contribution in [3.8, 4) is 11.5 Å². The monoisotopic (exact) mass is 302 g/mol. The molecule has 118 valence electrons. The van der Waals surface area contributed by atoms with Crippen molar-refractivity contribution < 1.29 is 14.3 Å². The fourth-order valence-electron chi connectivity index (χ4n) is 3.25. The van der Waals surface area contributed by atoms with Gasteiger partial charge in [0.2, 0.25) is 6.79 Å². The van der Waals surface area contributed by atoms with Crippen LogP contribution in [0, 0.1) is 0 Å². The molecule has 0 saturated heterocycles. The summed E-state index contributed by atoms with van der Waals surface area (Å²) in [7, 11) is 1.90. The third-order valence-electron chi connectivity index (χ3n) is 5.36. The molecule has 5 heteroatoms. The molecular formula is C17H22N2O3. The lowest BCUT2D eigenvalue weighted by Crippen LogP contribution is -2.48. The Kier molecular flexibility index (Phi) is 3.17. The Morgan fingerprint density at radius 2 is 2.09 bits per heavy atom. The fourth-order valence-corrected chi connectivity index (χ4v) is 3.25. The van der Waals surface area contributed by atoms with Gasteiger partial charge in [0, 0.05) is 25.0 Å². The summed E-state index contributed by atoms with van der Waals surface area (Å²) in [4.78, 5) is 14.1. The first kappa shape index (κ1) is 13.7. The van der Waals surface area contributed by atoms with Crippen molar-refractivity contribution in [3.63, 3.8) is 0 Å². The van der Waals surface area contributed by atoms with Crippen molar-refractivity contribution in [2.75, 3.05) is 20.4 Å². The van der Waals surface area contributed by atoms with Crippen LogP contribution in [0.15, 0.2) is 18.2 Å². The van der Waals surface area contributed by atoms with E-state index in [1.165, 1.54) is 12.0 Å². The second-order valence-electron chi connectivity index (χ2n) is 6.70. The highest BCUT2D eigenvalue weighted by atomic mass is 16.7. The van der Waals surface area contributed by atoms with E-state index < -0.39 is 0 Å². The first-order valence-electron chi connectivity index (χ1n) is 8.09. The number of ether oxygens (including phenoxy) is 2. The number of rotatable bonds is 4. The Morgan fingerprint density at radius 1 is 1.32 bits per heavy atom. The maximum Gasteiger partial charge on any atom is 0.317 e. The molecular weight excluding hydrogens is 280 g/mol.